The van der Waals surface area contributed by atoms with E-state index < -0.39 is 11.9 Å². The van der Waals surface area contributed by atoms with Crippen molar-refractivity contribution in [1.82, 2.24) is 0 Å². The summed E-state index contributed by atoms with van der Waals surface area (Å²) in [5, 5.41) is 32.7. The van der Waals surface area contributed by atoms with E-state index in [4.69, 9.17) is 25.2 Å². The van der Waals surface area contributed by atoms with Gasteiger partial charge < -0.3 is 25.2 Å². The highest BCUT2D eigenvalue weighted by Gasteiger charge is 2.13. The van der Waals surface area contributed by atoms with Crippen LogP contribution in [0.2, 0.25) is 0 Å². The van der Waals surface area contributed by atoms with Gasteiger partial charge in [-0.25, -0.2) is 14.4 Å². The smallest absolute Gasteiger partial charge is 0.330 e. The van der Waals surface area contributed by atoms with Crippen molar-refractivity contribution in [1.29, 1.82) is 0 Å². The molecule has 0 unspecified atom stereocenters. The summed E-state index contributed by atoms with van der Waals surface area (Å²) in [6, 6.07) is 0. The molecule has 0 aromatic carbocycles. The summed E-state index contributed by atoms with van der Waals surface area (Å²) in [4.78, 5) is 30.0. The molecule has 0 saturated carbocycles. The number of esters is 1. The van der Waals surface area contributed by atoms with Crippen LogP contribution in [0.4, 0.5) is 0 Å². The second-order valence-electron chi connectivity index (χ2n) is 11.3. The van der Waals surface area contributed by atoms with Crippen LogP contribution in [0.1, 0.15) is 137 Å². The van der Waals surface area contributed by atoms with Crippen LogP contribution in [0.25, 0.3) is 0 Å². The minimum absolute atomic E-state index is 0.0451. The van der Waals surface area contributed by atoms with E-state index in [-0.39, 0.29) is 35.7 Å². The van der Waals surface area contributed by atoms with E-state index in [0.29, 0.717) is 6.61 Å². The molecule has 0 aliphatic carbocycles. The molecule has 42 heavy (non-hydrogen) atoms. The molecule has 248 valence electrons. The number of hydrogen-bond donors (Lipinski definition) is 4. The van der Waals surface area contributed by atoms with E-state index in [2.05, 4.69) is 26.7 Å². The van der Waals surface area contributed by atoms with Crippen molar-refractivity contribution in [2.24, 2.45) is 5.41 Å². The van der Waals surface area contributed by atoms with Crippen molar-refractivity contribution in [3.05, 3.63) is 37.0 Å². The first-order chi connectivity index (χ1) is 19.7. The van der Waals surface area contributed by atoms with Gasteiger partial charge in [-0.15, -0.1) is 0 Å². The number of aliphatic hydroxyl groups excluding tert-OH is 2. The SMILES string of the molecule is C=C(C)C(=O)O.C=C(C)C(=O)O.C=CC(=O)OCCCCCCCCCCCCCCCCCC.CC(C)(CO)CO. The number of carboxylic acids is 2. The largest absolute Gasteiger partial charge is 0.478 e. The van der Waals surface area contributed by atoms with E-state index in [1.807, 2.05) is 0 Å². The number of aliphatic hydroxyl groups is 2. The van der Waals surface area contributed by atoms with Crippen LogP contribution in [0.5, 0.6) is 0 Å². The highest BCUT2D eigenvalue weighted by atomic mass is 16.5. The normalized spacial score (nSPS) is 9.98. The average molecular weight is 601 g/mol. The van der Waals surface area contributed by atoms with E-state index >= 15 is 0 Å². The van der Waals surface area contributed by atoms with Gasteiger partial charge in [0.1, 0.15) is 0 Å². The lowest BCUT2D eigenvalue weighted by atomic mass is 9.97. The fourth-order valence-electron chi connectivity index (χ4n) is 2.93. The minimum Gasteiger partial charge on any atom is -0.478 e. The Morgan fingerprint density at radius 3 is 1.10 bits per heavy atom. The molecule has 0 heterocycles. The summed E-state index contributed by atoms with van der Waals surface area (Å²) in [5.74, 6) is -2.17. The Kier molecular flexibility index (Phi) is 38.5. The Balaban J connectivity index is -0.000000305. The Hall–Kier alpha value is -2.45. The third-order valence-corrected chi connectivity index (χ3v) is 6.00. The molecule has 8 nitrogen and oxygen atoms in total. The maximum Gasteiger partial charge on any atom is 0.330 e. The maximum atomic E-state index is 10.8. The van der Waals surface area contributed by atoms with Gasteiger partial charge in [-0.1, -0.05) is 137 Å². The van der Waals surface area contributed by atoms with Gasteiger partial charge in [-0.3, -0.25) is 0 Å². The van der Waals surface area contributed by atoms with Crippen LogP contribution in [-0.4, -0.2) is 58.2 Å². The zero-order chi connectivity index (χ0) is 33.2. The Bertz CT molecular complexity index is 644. The molecule has 0 bridgehead atoms. The van der Waals surface area contributed by atoms with Gasteiger partial charge in [-0.05, 0) is 20.3 Å². The first kappa shape index (κ1) is 46.5. The van der Waals surface area contributed by atoms with Crippen molar-refractivity contribution in [3.63, 3.8) is 0 Å². The number of carbonyl (C=O) groups is 3. The molecule has 4 N–H and O–H groups in total. The summed E-state index contributed by atoms with van der Waals surface area (Å²) >= 11 is 0. The first-order valence-corrected chi connectivity index (χ1v) is 15.5. The summed E-state index contributed by atoms with van der Waals surface area (Å²) < 4.78 is 4.95. The molecule has 0 aliphatic rings. The summed E-state index contributed by atoms with van der Waals surface area (Å²) in [5.41, 5.74) is 0.0463. The standard InChI is InChI=1S/C21H40O2.C5H12O2.2C4H6O2/c1-3-5-6-7-8-9-10-11-12-13-14-15-16-17-18-19-20-23-21(22)4-2;1-5(2,3-6)4-7;2*1-3(2)4(5)6/h4H,2-3,5-20H2,1H3;6-7H,3-4H2,1-2H3;2*1H2,2H3,(H,5,6). The Morgan fingerprint density at radius 2 is 0.905 bits per heavy atom. The fourth-order valence-corrected chi connectivity index (χ4v) is 2.93. The number of unbranched alkanes of at least 4 members (excludes halogenated alkanes) is 15. The summed E-state index contributed by atoms with van der Waals surface area (Å²) in [7, 11) is 0. The molecule has 0 aromatic rings. The lowest BCUT2D eigenvalue weighted by molar-refractivity contribution is -0.138. The molecule has 0 aromatic heterocycles. The summed E-state index contributed by atoms with van der Waals surface area (Å²) in [6.07, 6.45) is 23.0. The number of aliphatic carboxylic acids is 2. The third-order valence-electron chi connectivity index (χ3n) is 6.00. The van der Waals surface area contributed by atoms with Crippen LogP contribution >= 0.6 is 0 Å². The quantitative estimate of drug-likeness (QED) is 0.0553. The lowest BCUT2D eigenvalue weighted by Crippen LogP contribution is -2.20. The van der Waals surface area contributed by atoms with E-state index in [9.17, 15) is 14.4 Å². The maximum absolute atomic E-state index is 10.8. The van der Waals surface area contributed by atoms with Gasteiger partial charge in [0.15, 0.2) is 0 Å². The molecule has 0 amide bonds. The topological polar surface area (TPSA) is 141 Å². The summed E-state index contributed by atoms with van der Waals surface area (Å²) in [6.45, 7) is 19.1. The molecule has 0 rings (SSSR count). The van der Waals surface area contributed by atoms with Crippen molar-refractivity contribution in [2.45, 2.75) is 137 Å². The Labute approximate surface area is 257 Å². The van der Waals surface area contributed by atoms with Gasteiger partial charge in [0.05, 0.1) is 19.8 Å². The van der Waals surface area contributed by atoms with E-state index in [0.717, 1.165) is 6.42 Å². The molecule has 0 radical (unpaired) electrons. The fraction of sp³-hybridized carbons (Fsp3) is 0.735. The number of hydrogen-bond acceptors (Lipinski definition) is 6. The van der Waals surface area contributed by atoms with Gasteiger partial charge >= 0.3 is 17.9 Å². The van der Waals surface area contributed by atoms with Crippen molar-refractivity contribution in [2.75, 3.05) is 19.8 Å². The van der Waals surface area contributed by atoms with Crippen LogP contribution in [-0.2, 0) is 19.1 Å². The van der Waals surface area contributed by atoms with E-state index in [1.165, 1.54) is 116 Å². The number of carboxylic acid groups (broad SMARTS) is 2. The highest BCUT2D eigenvalue weighted by molar-refractivity contribution is 5.85. The predicted molar refractivity (Wildman–Crippen MR) is 174 cm³/mol. The number of carbonyl (C=O) groups excluding carboxylic acids is 1. The van der Waals surface area contributed by atoms with Crippen LogP contribution in [0, 0.1) is 5.41 Å². The second-order valence-corrected chi connectivity index (χ2v) is 11.3. The van der Waals surface area contributed by atoms with Crippen LogP contribution in [0.3, 0.4) is 0 Å². The van der Waals surface area contributed by atoms with Gasteiger partial charge in [0.2, 0.25) is 0 Å². The molecule has 8 heteroatoms. The zero-order valence-electron chi connectivity index (χ0n) is 27.6. The van der Waals surface area contributed by atoms with Gasteiger partial charge in [-0.2, -0.15) is 0 Å². The van der Waals surface area contributed by atoms with Crippen LogP contribution < -0.4 is 0 Å². The highest BCUT2D eigenvalue weighted by Crippen LogP contribution is 2.13. The number of ether oxygens (including phenoxy) is 1. The predicted octanol–water partition coefficient (Wildman–Crippen LogP) is 8.27. The molecular weight excluding hydrogens is 536 g/mol. The molecule has 0 spiro atoms. The van der Waals surface area contributed by atoms with E-state index in [1.54, 1.807) is 13.8 Å². The molecule has 0 aliphatic heterocycles. The lowest BCUT2D eigenvalue weighted by Gasteiger charge is -2.16. The minimum atomic E-state index is -0.935. The van der Waals surface area contributed by atoms with Crippen LogP contribution in [0.15, 0.2) is 37.0 Å². The van der Waals surface area contributed by atoms with Crippen molar-refractivity contribution in [3.8, 4) is 0 Å². The molecule has 0 atom stereocenters. The average Bonchev–Trinajstić information content (AvgIpc) is 2.95. The van der Waals surface area contributed by atoms with Crippen molar-refractivity contribution < 1.29 is 39.5 Å². The van der Waals surface area contributed by atoms with Crippen molar-refractivity contribution >= 4 is 17.9 Å². The zero-order valence-corrected chi connectivity index (χ0v) is 27.6. The third kappa shape index (κ3) is 47.3. The monoisotopic (exact) mass is 600 g/mol. The molecule has 0 fully saturated rings. The Morgan fingerprint density at radius 1 is 0.643 bits per heavy atom. The number of rotatable bonds is 22. The van der Waals surface area contributed by atoms with Gasteiger partial charge in [0.25, 0.3) is 0 Å². The molecular formula is C34H64O8. The molecule has 0 saturated heterocycles. The van der Waals surface area contributed by atoms with Gasteiger partial charge in [0, 0.05) is 22.6 Å². The first-order valence-electron chi connectivity index (χ1n) is 15.5. The second kappa shape index (κ2) is 34.7.